The quantitative estimate of drug-likeness (QED) is 0.799. The second kappa shape index (κ2) is 7.57. The molecule has 0 spiro atoms. The van der Waals surface area contributed by atoms with Crippen LogP contribution in [-0.2, 0) is 11.2 Å². The second-order valence-electron chi connectivity index (χ2n) is 4.97. The molecule has 0 bridgehead atoms. The van der Waals surface area contributed by atoms with E-state index in [1.807, 2.05) is 13.0 Å². The van der Waals surface area contributed by atoms with Crippen molar-refractivity contribution < 1.29 is 4.79 Å². The molecule has 2 nitrogen and oxygen atoms in total. The lowest BCUT2D eigenvalue weighted by Gasteiger charge is -2.15. The number of alkyl halides is 1. The minimum Gasteiger partial charge on any atom is -0.354 e. The summed E-state index contributed by atoms with van der Waals surface area (Å²) in [6.45, 7) is 6.21. The number of carbonyl (C=O) groups is 1. The Bertz CT molecular complexity index is 390. The van der Waals surface area contributed by atoms with Gasteiger partial charge in [-0.15, -0.1) is 0 Å². The highest BCUT2D eigenvalue weighted by atomic mass is 79.9. The molecule has 0 heterocycles. The van der Waals surface area contributed by atoms with Crippen LogP contribution >= 0.6 is 15.9 Å². The molecule has 1 rings (SSSR count). The van der Waals surface area contributed by atoms with E-state index in [1.165, 1.54) is 11.1 Å². The first kappa shape index (κ1) is 15.2. The van der Waals surface area contributed by atoms with Crippen LogP contribution in [0.25, 0.3) is 0 Å². The monoisotopic (exact) mass is 311 g/mol. The van der Waals surface area contributed by atoms with Crippen LogP contribution in [0, 0.1) is 6.92 Å². The third kappa shape index (κ3) is 6.20. The van der Waals surface area contributed by atoms with Crippen LogP contribution in [-0.4, -0.2) is 16.8 Å². The molecule has 1 N–H and O–H groups in total. The first-order chi connectivity index (χ1) is 8.47. The molecule has 0 saturated carbocycles. The van der Waals surface area contributed by atoms with Crippen LogP contribution in [0.3, 0.4) is 0 Å². The number of aryl methyl sites for hydroxylation is 2. The maximum Gasteiger partial charge on any atom is 0.220 e. The number of benzene rings is 1. The molecule has 1 aromatic carbocycles. The van der Waals surface area contributed by atoms with Crippen molar-refractivity contribution in [3.63, 3.8) is 0 Å². The van der Waals surface area contributed by atoms with Gasteiger partial charge in [0, 0.05) is 17.3 Å². The molecule has 1 amide bonds. The van der Waals surface area contributed by atoms with Crippen molar-refractivity contribution in [3.05, 3.63) is 35.4 Å². The van der Waals surface area contributed by atoms with Gasteiger partial charge in [-0.2, -0.15) is 0 Å². The predicted octanol–water partition coefficient (Wildman–Crippen LogP) is 3.61. The van der Waals surface area contributed by atoms with E-state index in [0.717, 1.165) is 12.8 Å². The van der Waals surface area contributed by atoms with Crippen molar-refractivity contribution in [2.24, 2.45) is 0 Å². The van der Waals surface area contributed by atoms with E-state index in [-0.39, 0.29) is 11.9 Å². The number of nitrogens with one attached hydrogen (secondary N) is 1. The Balaban J connectivity index is 2.33. The highest BCUT2D eigenvalue weighted by Gasteiger charge is 2.09. The first-order valence-electron chi connectivity index (χ1n) is 6.46. The molecule has 2 atom stereocenters. The lowest BCUT2D eigenvalue weighted by Crippen LogP contribution is -2.33. The third-order valence-electron chi connectivity index (χ3n) is 2.81. The summed E-state index contributed by atoms with van der Waals surface area (Å²) in [5.41, 5.74) is 2.47. The molecular formula is C15H22BrNO. The minimum atomic E-state index is 0.136. The maximum absolute atomic E-state index is 11.8. The average Bonchev–Trinajstić information content (AvgIpc) is 2.25. The van der Waals surface area contributed by atoms with Crippen molar-refractivity contribution >= 4 is 21.8 Å². The lowest BCUT2D eigenvalue weighted by atomic mass is 10.1. The molecule has 0 fully saturated rings. The molecule has 100 valence electrons. The molecular weight excluding hydrogens is 290 g/mol. The van der Waals surface area contributed by atoms with E-state index in [4.69, 9.17) is 0 Å². The zero-order valence-electron chi connectivity index (χ0n) is 11.4. The number of hydrogen-bond acceptors (Lipinski definition) is 1. The fourth-order valence-corrected chi connectivity index (χ4v) is 2.58. The number of halogens is 1. The zero-order valence-corrected chi connectivity index (χ0v) is 13.0. The maximum atomic E-state index is 11.8. The van der Waals surface area contributed by atoms with E-state index < -0.39 is 0 Å². The van der Waals surface area contributed by atoms with Gasteiger partial charge in [0.1, 0.15) is 0 Å². The molecule has 0 radical (unpaired) electrons. The normalized spacial score (nSPS) is 14.0. The highest BCUT2D eigenvalue weighted by molar-refractivity contribution is 9.09. The van der Waals surface area contributed by atoms with Crippen molar-refractivity contribution in [3.8, 4) is 0 Å². The molecule has 1 aromatic rings. The fraction of sp³-hybridized carbons (Fsp3) is 0.533. The number of amides is 1. The fourth-order valence-electron chi connectivity index (χ4n) is 2.02. The van der Waals surface area contributed by atoms with E-state index >= 15 is 0 Å². The Morgan fingerprint density at radius 1 is 1.39 bits per heavy atom. The molecule has 2 unspecified atom stereocenters. The smallest absolute Gasteiger partial charge is 0.220 e. The topological polar surface area (TPSA) is 29.1 Å². The van der Waals surface area contributed by atoms with Gasteiger partial charge in [-0.05, 0) is 32.3 Å². The van der Waals surface area contributed by atoms with Crippen LogP contribution in [0.4, 0.5) is 0 Å². The van der Waals surface area contributed by atoms with Crippen LogP contribution in [0.1, 0.15) is 37.8 Å². The summed E-state index contributed by atoms with van der Waals surface area (Å²) < 4.78 is 0. The molecule has 0 aliphatic carbocycles. The summed E-state index contributed by atoms with van der Waals surface area (Å²) in [7, 11) is 0. The van der Waals surface area contributed by atoms with Gasteiger partial charge in [0.2, 0.25) is 5.91 Å². The predicted molar refractivity (Wildman–Crippen MR) is 80.1 cm³/mol. The largest absolute Gasteiger partial charge is 0.354 e. The van der Waals surface area contributed by atoms with Gasteiger partial charge in [0.25, 0.3) is 0 Å². The van der Waals surface area contributed by atoms with Crippen LogP contribution < -0.4 is 5.32 Å². The van der Waals surface area contributed by atoms with Gasteiger partial charge >= 0.3 is 0 Å². The standard InChI is InChI=1S/C15H22BrNO/c1-11-5-4-6-14(9-11)7-8-15(18)17-13(3)10-12(2)16/h4-6,9,12-13H,7-8,10H2,1-3H3,(H,17,18). The van der Waals surface area contributed by atoms with Crippen molar-refractivity contribution in [1.82, 2.24) is 5.32 Å². The molecule has 0 saturated heterocycles. The molecule has 0 aliphatic heterocycles. The lowest BCUT2D eigenvalue weighted by molar-refractivity contribution is -0.121. The zero-order chi connectivity index (χ0) is 13.5. The van der Waals surface area contributed by atoms with E-state index in [1.54, 1.807) is 0 Å². The molecule has 18 heavy (non-hydrogen) atoms. The third-order valence-corrected chi connectivity index (χ3v) is 3.18. The summed E-state index contributed by atoms with van der Waals surface area (Å²) in [5, 5.41) is 3.03. The summed E-state index contributed by atoms with van der Waals surface area (Å²) >= 11 is 3.50. The molecule has 0 aromatic heterocycles. The number of carbonyl (C=O) groups excluding carboxylic acids is 1. The van der Waals surface area contributed by atoms with Gasteiger partial charge < -0.3 is 5.32 Å². The summed E-state index contributed by atoms with van der Waals surface area (Å²) in [4.78, 5) is 12.2. The van der Waals surface area contributed by atoms with Crippen LogP contribution in [0.15, 0.2) is 24.3 Å². The molecule has 3 heteroatoms. The van der Waals surface area contributed by atoms with Gasteiger partial charge in [-0.25, -0.2) is 0 Å². The van der Waals surface area contributed by atoms with Gasteiger partial charge in [-0.1, -0.05) is 52.7 Å². The van der Waals surface area contributed by atoms with Crippen LogP contribution in [0.2, 0.25) is 0 Å². The van der Waals surface area contributed by atoms with E-state index in [9.17, 15) is 4.79 Å². The van der Waals surface area contributed by atoms with Gasteiger partial charge in [0.15, 0.2) is 0 Å². The Morgan fingerprint density at radius 3 is 2.72 bits per heavy atom. The summed E-state index contributed by atoms with van der Waals surface area (Å²) in [6, 6.07) is 8.55. The first-order valence-corrected chi connectivity index (χ1v) is 7.38. The highest BCUT2D eigenvalue weighted by Crippen LogP contribution is 2.08. The Hall–Kier alpha value is -0.830. The molecule has 0 aliphatic rings. The van der Waals surface area contributed by atoms with Crippen molar-refractivity contribution in [1.29, 1.82) is 0 Å². The van der Waals surface area contributed by atoms with Crippen molar-refractivity contribution in [2.45, 2.75) is 50.9 Å². The van der Waals surface area contributed by atoms with E-state index in [2.05, 4.69) is 53.3 Å². The Labute approximate surface area is 118 Å². The minimum absolute atomic E-state index is 0.136. The van der Waals surface area contributed by atoms with Gasteiger partial charge in [0.05, 0.1) is 0 Å². The summed E-state index contributed by atoms with van der Waals surface area (Å²) in [5.74, 6) is 0.136. The second-order valence-corrected chi connectivity index (χ2v) is 6.54. The van der Waals surface area contributed by atoms with Gasteiger partial charge in [-0.3, -0.25) is 4.79 Å². The van der Waals surface area contributed by atoms with E-state index in [0.29, 0.717) is 11.2 Å². The summed E-state index contributed by atoms with van der Waals surface area (Å²) in [6.07, 6.45) is 2.32. The Kier molecular flexibility index (Phi) is 6.41. The number of hydrogen-bond donors (Lipinski definition) is 1. The van der Waals surface area contributed by atoms with Crippen LogP contribution in [0.5, 0.6) is 0 Å². The SMILES string of the molecule is Cc1cccc(CCC(=O)NC(C)CC(C)Br)c1. The Morgan fingerprint density at radius 2 is 2.11 bits per heavy atom. The van der Waals surface area contributed by atoms with Crippen molar-refractivity contribution in [2.75, 3.05) is 0 Å². The average molecular weight is 312 g/mol. The number of rotatable bonds is 6.